The second kappa shape index (κ2) is 12.7. The summed E-state index contributed by atoms with van der Waals surface area (Å²) in [5.74, 6) is 1.24. The lowest BCUT2D eigenvalue weighted by Crippen LogP contribution is -2.23. The zero-order chi connectivity index (χ0) is 23.6. The minimum absolute atomic E-state index is 0.124. The number of rotatable bonds is 11. The number of amides is 1. The molecular formula is C25H30ClN3O3S. The number of halogens is 1. The minimum Gasteiger partial charge on any atom is -0.493 e. The monoisotopic (exact) mass is 487 g/mol. The van der Waals surface area contributed by atoms with Crippen LogP contribution in [-0.4, -0.2) is 41.7 Å². The van der Waals surface area contributed by atoms with Gasteiger partial charge in [-0.3, -0.25) is 9.69 Å². The molecule has 1 amide bonds. The molecule has 0 radical (unpaired) electrons. The summed E-state index contributed by atoms with van der Waals surface area (Å²) in [6.07, 6.45) is 10.7. The molecule has 33 heavy (non-hydrogen) atoms. The number of benzene rings is 1. The number of aromatic nitrogens is 1. The van der Waals surface area contributed by atoms with Crippen LogP contribution >= 0.6 is 23.4 Å². The van der Waals surface area contributed by atoms with E-state index in [0.29, 0.717) is 39.0 Å². The van der Waals surface area contributed by atoms with Crippen molar-refractivity contribution in [2.24, 2.45) is 4.99 Å². The molecule has 1 aliphatic rings. The Labute approximate surface area is 205 Å². The van der Waals surface area contributed by atoms with Gasteiger partial charge >= 0.3 is 0 Å². The summed E-state index contributed by atoms with van der Waals surface area (Å²) in [6.45, 7) is 2.89. The van der Waals surface area contributed by atoms with Crippen molar-refractivity contribution in [1.82, 2.24) is 9.88 Å². The first-order chi connectivity index (χ1) is 16.0. The van der Waals surface area contributed by atoms with Crippen molar-refractivity contribution >= 4 is 46.2 Å². The number of pyridine rings is 1. The number of likely N-dealkylation sites (N-methyl/N-ethyl adjacent to an activating group) is 1. The maximum absolute atomic E-state index is 12.7. The Morgan fingerprint density at radius 2 is 1.94 bits per heavy atom. The summed E-state index contributed by atoms with van der Waals surface area (Å²) >= 11 is 7.40. The van der Waals surface area contributed by atoms with E-state index < -0.39 is 0 Å². The summed E-state index contributed by atoms with van der Waals surface area (Å²) < 4.78 is 11.4. The second-order valence-corrected chi connectivity index (χ2v) is 9.08. The predicted molar refractivity (Wildman–Crippen MR) is 137 cm³/mol. The van der Waals surface area contributed by atoms with Crippen LogP contribution in [0.15, 0.2) is 46.4 Å². The first-order valence-corrected chi connectivity index (χ1v) is 12.4. The molecule has 3 rings (SSSR count). The van der Waals surface area contributed by atoms with Crippen molar-refractivity contribution in [1.29, 1.82) is 0 Å². The fourth-order valence-corrected chi connectivity index (χ4v) is 4.47. The maximum atomic E-state index is 12.7. The van der Waals surface area contributed by atoms with Gasteiger partial charge in [0.25, 0.3) is 5.91 Å². The third-order valence-electron chi connectivity index (χ3n) is 5.20. The summed E-state index contributed by atoms with van der Waals surface area (Å²) in [7, 11) is 3.31. The van der Waals surface area contributed by atoms with Crippen LogP contribution in [0.2, 0.25) is 5.15 Å². The van der Waals surface area contributed by atoms with Crippen molar-refractivity contribution < 1.29 is 14.3 Å². The summed E-state index contributed by atoms with van der Waals surface area (Å²) in [5, 5.41) is 0.845. The van der Waals surface area contributed by atoms with E-state index in [9.17, 15) is 4.79 Å². The van der Waals surface area contributed by atoms with Gasteiger partial charge in [0.05, 0.1) is 18.6 Å². The molecule has 8 heteroatoms. The van der Waals surface area contributed by atoms with Gasteiger partial charge in [0, 0.05) is 13.2 Å². The molecule has 0 atom stereocenters. The van der Waals surface area contributed by atoms with E-state index in [2.05, 4.69) is 16.9 Å². The molecule has 0 N–H and O–H groups in total. The number of carbonyl (C=O) groups is 1. The molecule has 1 aromatic heterocycles. The number of nitrogens with zero attached hydrogens (tertiary/aromatic N) is 3. The Kier molecular flexibility index (Phi) is 9.63. The maximum Gasteiger partial charge on any atom is 0.266 e. The summed E-state index contributed by atoms with van der Waals surface area (Å²) in [5.41, 5.74) is 1.37. The van der Waals surface area contributed by atoms with Crippen molar-refractivity contribution in [2.75, 3.05) is 20.8 Å². The Morgan fingerprint density at radius 1 is 1.15 bits per heavy atom. The molecule has 1 saturated heterocycles. The molecule has 1 aliphatic heterocycles. The first-order valence-electron chi connectivity index (χ1n) is 11.2. The average Bonchev–Trinajstić information content (AvgIpc) is 3.08. The topological polar surface area (TPSA) is 64.0 Å². The van der Waals surface area contributed by atoms with Crippen LogP contribution in [-0.2, 0) is 4.79 Å². The molecule has 0 unspecified atom stereocenters. The van der Waals surface area contributed by atoms with Gasteiger partial charge < -0.3 is 9.47 Å². The van der Waals surface area contributed by atoms with E-state index in [-0.39, 0.29) is 5.91 Å². The fourth-order valence-electron chi connectivity index (χ4n) is 3.32. The van der Waals surface area contributed by atoms with E-state index in [1.54, 1.807) is 32.5 Å². The molecular weight excluding hydrogens is 458 g/mol. The minimum atomic E-state index is -0.124. The van der Waals surface area contributed by atoms with Gasteiger partial charge in [-0.2, -0.15) is 0 Å². The van der Waals surface area contributed by atoms with E-state index >= 15 is 0 Å². The zero-order valence-electron chi connectivity index (χ0n) is 19.3. The number of ether oxygens (including phenoxy) is 2. The van der Waals surface area contributed by atoms with Gasteiger partial charge in [-0.15, -0.1) is 0 Å². The van der Waals surface area contributed by atoms with E-state index in [1.165, 1.54) is 48.8 Å². The van der Waals surface area contributed by atoms with E-state index in [0.717, 1.165) is 12.0 Å². The van der Waals surface area contributed by atoms with Gasteiger partial charge in [0.2, 0.25) is 0 Å². The van der Waals surface area contributed by atoms with Gasteiger partial charge in [-0.25, -0.2) is 9.98 Å². The van der Waals surface area contributed by atoms with Crippen LogP contribution in [0.25, 0.3) is 6.08 Å². The Bertz CT molecular complexity index is 1030. The molecule has 0 bridgehead atoms. The molecule has 1 fully saturated rings. The lowest BCUT2D eigenvalue weighted by atomic mass is 10.1. The molecule has 0 aliphatic carbocycles. The van der Waals surface area contributed by atoms with Gasteiger partial charge in [-0.05, 0) is 54.1 Å². The highest BCUT2D eigenvalue weighted by Crippen LogP contribution is 2.36. The highest BCUT2D eigenvalue weighted by molar-refractivity contribution is 8.18. The molecule has 2 aromatic rings. The van der Waals surface area contributed by atoms with Crippen molar-refractivity contribution in [3.8, 4) is 11.5 Å². The largest absolute Gasteiger partial charge is 0.493 e. The lowest BCUT2D eigenvalue weighted by Gasteiger charge is -2.11. The van der Waals surface area contributed by atoms with Crippen molar-refractivity contribution in [3.05, 3.63) is 52.2 Å². The highest BCUT2D eigenvalue weighted by Gasteiger charge is 2.30. The molecule has 176 valence electrons. The van der Waals surface area contributed by atoms with Crippen LogP contribution in [0.5, 0.6) is 11.5 Å². The normalized spacial score (nSPS) is 16.1. The van der Waals surface area contributed by atoms with Gasteiger partial charge in [-0.1, -0.05) is 56.7 Å². The van der Waals surface area contributed by atoms with Crippen molar-refractivity contribution in [3.63, 3.8) is 0 Å². The van der Waals surface area contributed by atoms with Crippen LogP contribution in [0.1, 0.15) is 51.0 Å². The summed E-state index contributed by atoms with van der Waals surface area (Å²) in [6, 6.07) is 9.21. The lowest BCUT2D eigenvalue weighted by molar-refractivity contribution is -0.121. The van der Waals surface area contributed by atoms with Gasteiger partial charge in [0.15, 0.2) is 21.8 Å². The van der Waals surface area contributed by atoms with Crippen LogP contribution in [0.4, 0.5) is 5.69 Å². The number of hydrogen-bond acceptors (Lipinski definition) is 6. The van der Waals surface area contributed by atoms with E-state index in [1.807, 2.05) is 24.3 Å². The number of unbranched alkanes of at least 4 members (excludes halogenated alkanes) is 5. The number of carbonyl (C=O) groups excluding carboxylic acids is 1. The van der Waals surface area contributed by atoms with Crippen LogP contribution in [0.3, 0.4) is 0 Å². The second-order valence-electron chi connectivity index (χ2n) is 7.71. The van der Waals surface area contributed by atoms with Crippen LogP contribution < -0.4 is 9.47 Å². The number of hydrogen-bond donors (Lipinski definition) is 0. The van der Waals surface area contributed by atoms with Crippen LogP contribution in [0, 0.1) is 0 Å². The fraction of sp³-hybridized carbons (Fsp3) is 0.400. The van der Waals surface area contributed by atoms with E-state index in [4.69, 9.17) is 21.1 Å². The standard InChI is InChI=1S/C25H30ClN3O3S/c1-4-5-6-7-8-9-15-32-20-13-12-18(16-21(20)31-3)17-22-24(30)29(2)25(33-22)28-19-11-10-14-27-23(19)26/h10-14,16-17H,4-9,15H2,1-3H3/b22-17-,28-25?. The molecule has 0 spiro atoms. The average molecular weight is 488 g/mol. The predicted octanol–water partition coefficient (Wildman–Crippen LogP) is 6.72. The smallest absolute Gasteiger partial charge is 0.266 e. The quantitative estimate of drug-likeness (QED) is 0.200. The number of amidine groups is 1. The first kappa shape index (κ1) is 25.1. The molecule has 1 aromatic carbocycles. The number of methoxy groups -OCH3 is 1. The molecule has 2 heterocycles. The molecule has 0 saturated carbocycles. The van der Waals surface area contributed by atoms with Gasteiger partial charge in [0.1, 0.15) is 5.69 Å². The highest BCUT2D eigenvalue weighted by atomic mass is 35.5. The SMILES string of the molecule is CCCCCCCCOc1ccc(/C=C2\SC(=Nc3cccnc3Cl)N(C)C2=O)cc1OC. The summed E-state index contributed by atoms with van der Waals surface area (Å²) in [4.78, 5) is 23.3. The van der Waals surface area contributed by atoms with Crippen molar-refractivity contribution in [2.45, 2.75) is 45.4 Å². The Balaban J connectivity index is 1.66. The number of thioether (sulfide) groups is 1. The Hall–Kier alpha value is -2.51. The third-order valence-corrected chi connectivity index (χ3v) is 6.55. The zero-order valence-corrected chi connectivity index (χ0v) is 20.9. The number of aliphatic imine (C=N–C) groups is 1. The Morgan fingerprint density at radius 3 is 2.70 bits per heavy atom. The third kappa shape index (κ3) is 6.98. The molecule has 6 nitrogen and oxygen atoms in total.